The molecule has 0 spiro atoms. The number of carbonyl (C=O) groups is 1. The molecule has 0 saturated heterocycles. The van der Waals surface area contributed by atoms with Gasteiger partial charge >= 0.3 is 0 Å². The van der Waals surface area contributed by atoms with E-state index in [0.29, 0.717) is 12.1 Å². The van der Waals surface area contributed by atoms with Gasteiger partial charge in [0.05, 0.1) is 0 Å². The zero-order chi connectivity index (χ0) is 12.7. The molecular weight excluding hydrogens is 218 g/mol. The van der Waals surface area contributed by atoms with Crippen molar-refractivity contribution < 1.29 is 9.90 Å². The molecule has 0 aliphatic carbocycles. The number of hydrogen-bond acceptors (Lipinski definition) is 4. The van der Waals surface area contributed by atoms with Gasteiger partial charge in [0.25, 0.3) is 5.91 Å². The molecule has 0 saturated carbocycles. The van der Waals surface area contributed by atoms with E-state index in [0.717, 1.165) is 18.8 Å². The Kier molecular flexibility index (Phi) is 5.42. The molecule has 1 amide bonds. The maximum absolute atomic E-state index is 11.5. The van der Waals surface area contributed by atoms with E-state index in [9.17, 15) is 4.79 Å². The molecule has 0 aliphatic rings. The Bertz CT molecular complexity index is 369. The maximum atomic E-state index is 11.5. The summed E-state index contributed by atoms with van der Waals surface area (Å²) in [6.07, 6.45) is 2.34. The van der Waals surface area contributed by atoms with E-state index in [-0.39, 0.29) is 12.5 Å². The van der Waals surface area contributed by atoms with Gasteiger partial charge in [0.1, 0.15) is 5.69 Å². The molecule has 0 unspecified atom stereocenters. The number of aliphatic hydroxyl groups excluding tert-OH is 1. The molecule has 1 aromatic heterocycles. The lowest BCUT2D eigenvalue weighted by atomic mass is 10.2. The van der Waals surface area contributed by atoms with Gasteiger partial charge in [-0.25, -0.2) is 0 Å². The summed E-state index contributed by atoms with van der Waals surface area (Å²) in [5.74, 6) is -0.190. The van der Waals surface area contributed by atoms with Crippen LogP contribution in [0, 0.1) is 0 Å². The number of aliphatic hydroxyl groups is 1. The summed E-state index contributed by atoms with van der Waals surface area (Å²) in [5, 5.41) is 11.4. The minimum atomic E-state index is -0.190. The van der Waals surface area contributed by atoms with Crippen LogP contribution in [0.25, 0.3) is 0 Å². The fourth-order valence-corrected chi connectivity index (χ4v) is 1.60. The van der Waals surface area contributed by atoms with Crippen molar-refractivity contribution in [2.75, 3.05) is 31.6 Å². The lowest BCUT2D eigenvalue weighted by Crippen LogP contribution is -2.26. The SMILES string of the molecule is CCN(CCCO)c1ccnc(C(=O)NC)c1. The van der Waals surface area contributed by atoms with Crippen LogP contribution in [0.5, 0.6) is 0 Å². The van der Waals surface area contributed by atoms with Gasteiger partial charge in [-0.2, -0.15) is 0 Å². The second-order valence-electron chi connectivity index (χ2n) is 3.64. The van der Waals surface area contributed by atoms with Crippen molar-refractivity contribution in [2.45, 2.75) is 13.3 Å². The number of hydrogen-bond donors (Lipinski definition) is 2. The van der Waals surface area contributed by atoms with E-state index >= 15 is 0 Å². The lowest BCUT2D eigenvalue weighted by Gasteiger charge is -2.22. The fraction of sp³-hybridized carbons (Fsp3) is 0.500. The minimum absolute atomic E-state index is 0.171. The van der Waals surface area contributed by atoms with Crippen LogP contribution in [-0.2, 0) is 0 Å². The monoisotopic (exact) mass is 237 g/mol. The van der Waals surface area contributed by atoms with Gasteiger partial charge < -0.3 is 15.3 Å². The molecule has 5 heteroatoms. The first-order chi connectivity index (χ1) is 8.22. The molecule has 5 nitrogen and oxygen atoms in total. The summed E-state index contributed by atoms with van der Waals surface area (Å²) < 4.78 is 0. The van der Waals surface area contributed by atoms with Crippen molar-refractivity contribution in [3.8, 4) is 0 Å². The number of pyridine rings is 1. The van der Waals surface area contributed by atoms with Crippen LogP contribution in [0.1, 0.15) is 23.8 Å². The van der Waals surface area contributed by atoms with Crippen LogP contribution in [0.4, 0.5) is 5.69 Å². The Morgan fingerprint density at radius 1 is 1.59 bits per heavy atom. The Morgan fingerprint density at radius 3 is 2.94 bits per heavy atom. The van der Waals surface area contributed by atoms with Gasteiger partial charge in [0.15, 0.2) is 0 Å². The lowest BCUT2D eigenvalue weighted by molar-refractivity contribution is 0.0958. The van der Waals surface area contributed by atoms with Gasteiger partial charge in [-0.05, 0) is 25.5 Å². The molecule has 0 fully saturated rings. The predicted octanol–water partition coefficient (Wildman–Crippen LogP) is 0.650. The summed E-state index contributed by atoms with van der Waals surface area (Å²) in [6, 6.07) is 3.63. The summed E-state index contributed by atoms with van der Waals surface area (Å²) in [4.78, 5) is 17.6. The molecule has 0 aliphatic heterocycles. The van der Waals surface area contributed by atoms with Gasteiger partial charge in [-0.3, -0.25) is 9.78 Å². The van der Waals surface area contributed by atoms with Crippen LogP contribution in [-0.4, -0.2) is 42.7 Å². The van der Waals surface area contributed by atoms with Crippen LogP contribution < -0.4 is 10.2 Å². The normalized spacial score (nSPS) is 10.1. The van der Waals surface area contributed by atoms with Gasteiger partial charge in [-0.15, -0.1) is 0 Å². The number of rotatable bonds is 6. The van der Waals surface area contributed by atoms with E-state index in [2.05, 4.69) is 15.2 Å². The van der Waals surface area contributed by atoms with Crippen LogP contribution in [0.3, 0.4) is 0 Å². The Morgan fingerprint density at radius 2 is 2.35 bits per heavy atom. The molecule has 0 radical (unpaired) electrons. The number of aromatic nitrogens is 1. The Labute approximate surface area is 101 Å². The number of nitrogens with zero attached hydrogens (tertiary/aromatic N) is 2. The predicted molar refractivity (Wildman–Crippen MR) is 67.2 cm³/mol. The zero-order valence-electron chi connectivity index (χ0n) is 10.3. The third kappa shape index (κ3) is 3.71. The molecule has 0 aromatic carbocycles. The first-order valence-electron chi connectivity index (χ1n) is 5.76. The van der Waals surface area contributed by atoms with Crippen LogP contribution in [0.15, 0.2) is 18.3 Å². The third-order valence-electron chi connectivity index (χ3n) is 2.54. The molecule has 94 valence electrons. The van der Waals surface area contributed by atoms with Crippen molar-refractivity contribution in [1.82, 2.24) is 10.3 Å². The van der Waals surface area contributed by atoms with E-state index in [4.69, 9.17) is 5.11 Å². The number of amides is 1. The molecule has 0 bridgehead atoms. The largest absolute Gasteiger partial charge is 0.396 e. The van der Waals surface area contributed by atoms with E-state index in [1.54, 1.807) is 19.3 Å². The highest BCUT2D eigenvalue weighted by atomic mass is 16.3. The van der Waals surface area contributed by atoms with Gasteiger partial charge in [0, 0.05) is 38.6 Å². The van der Waals surface area contributed by atoms with Crippen molar-refractivity contribution >= 4 is 11.6 Å². The molecular formula is C12H19N3O2. The first-order valence-corrected chi connectivity index (χ1v) is 5.76. The topological polar surface area (TPSA) is 65.5 Å². The third-order valence-corrected chi connectivity index (χ3v) is 2.54. The molecule has 1 aromatic rings. The molecule has 1 heterocycles. The summed E-state index contributed by atoms with van der Waals surface area (Å²) in [7, 11) is 1.58. The number of nitrogens with one attached hydrogen (secondary N) is 1. The number of anilines is 1. The van der Waals surface area contributed by atoms with E-state index in [1.807, 2.05) is 13.0 Å². The first kappa shape index (κ1) is 13.4. The standard InChI is InChI=1S/C12H19N3O2/c1-3-15(7-4-8-16)10-5-6-14-11(9-10)12(17)13-2/h5-6,9,16H,3-4,7-8H2,1-2H3,(H,13,17). The average molecular weight is 237 g/mol. The second-order valence-corrected chi connectivity index (χ2v) is 3.64. The average Bonchev–Trinajstić information content (AvgIpc) is 2.39. The highest BCUT2D eigenvalue weighted by Crippen LogP contribution is 2.14. The molecule has 0 atom stereocenters. The highest BCUT2D eigenvalue weighted by Gasteiger charge is 2.09. The zero-order valence-corrected chi connectivity index (χ0v) is 10.3. The van der Waals surface area contributed by atoms with Gasteiger partial charge in [-0.1, -0.05) is 0 Å². The maximum Gasteiger partial charge on any atom is 0.269 e. The molecule has 2 N–H and O–H groups in total. The van der Waals surface area contributed by atoms with Crippen molar-refractivity contribution in [1.29, 1.82) is 0 Å². The molecule has 1 rings (SSSR count). The second kappa shape index (κ2) is 6.85. The summed E-state index contributed by atoms with van der Waals surface area (Å²) in [5.41, 5.74) is 1.36. The summed E-state index contributed by atoms with van der Waals surface area (Å²) in [6.45, 7) is 3.81. The quantitative estimate of drug-likeness (QED) is 0.762. The van der Waals surface area contributed by atoms with Gasteiger partial charge in [0.2, 0.25) is 0 Å². The van der Waals surface area contributed by atoms with Crippen molar-refractivity contribution in [3.63, 3.8) is 0 Å². The van der Waals surface area contributed by atoms with E-state index < -0.39 is 0 Å². The van der Waals surface area contributed by atoms with Crippen molar-refractivity contribution in [2.24, 2.45) is 0 Å². The number of carbonyl (C=O) groups excluding carboxylic acids is 1. The smallest absolute Gasteiger partial charge is 0.269 e. The summed E-state index contributed by atoms with van der Waals surface area (Å²) >= 11 is 0. The Balaban J connectivity index is 2.84. The fourth-order valence-electron chi connectivity index (χ4n) is 1.60. The van der Waals surface area contributed by atoms with E-state index in [1.165, 1.54) is 0 Å². The molecule has 17 heavy (non-hydrogen) atoms. The minimum Gasteiger partial charge on any atom is -0.396 e. The van der Waals surface area contributed by atoms with Crippen LogP contribution in [0.2, 0.25) is 0 Å². The van der Waals surface area contributed by atoms with Crippen LogP contribution >= 0.6 is 0 Å². The Hall–Kier alpha value is -1.62. The highest BCUT2D eigenvalue weighted by molar-refractivity contribution is 5.92. The van der Waals surface area contributed by atoms with Crippen molar-refractivity contribution in [3.05, 3.63) is 24.0 Å².